The van der Waals surface area contributed by atoms with Gasteiger partial charge in [-0.15, -0.1) is 0 Å². The maximum Gasteiger partial charge on any atom is 0.251 e. The van der Waals surface area contributed by atoms with Crippen LogP contribution >= 0.6 is 0 Å². The Morgan fingerprint density at radius 2 is 1.79 bits per heavy atom. The number of rotatable bonds is 5. The third-order valence-electron chi connectivity index (χ3n) is 5.93. The Hall–Kier alpha value is -2.69. The summed E-state index contributed by atoms with van der Waals surface area (Å²) in [5, 5.41) is 3.20. The van der Waals surface area contributed by atoms with Crippen LogP contribution in [0.2, 0.25) is 0 Å². The molecule has 5 nitrogen and oxygen atoms in total. The van der Waals surface area contributed by atoms with E-state index >= 15 is 0 Å². The predicted molar refractivity (Wildman–Crippen MR) is 111 cm³/mol. The topological polar surface area (TPSA) is 50.8 Å². The standard InChI is InChI=1S/C23H28N2O3/c1-25(2)19-7-5-6-17(14-19)22(26)24-16-23(10-3-4-11-23)18-8-9-20-21(15-18)28-13-12-27-20/h5-9,14-15H,3-4,10-13,16H2,1-2H3,(H,24,26). The van der Waals surface area contributed by atoms with Gasteiger partial charge in [-0.05, 0) is 48.7 Å². The number of amides is 1. The summed E-state index contributed by atoms with van der Waals surface area (Å²) in [6.45, 7) is 1.82. The normalized spacial score (nSPS) is 17.2. The second-order valence-electron chi connectivity index (χ2n) is 7.97. The van der Waals surface area contributed by atoms with Gasteiger partial charge in [-0.3, -0.25) is 4.79 Å². The van der Waals surface area contributed by atoms with Crippen molar-refractivity contribution in [3.05, 3.63) is 53.6 Å². The SMILES string of the molecule is CN(C)c1cccc(C(=O)NCC2(c3ccc4c(c3)OCCO4)CCCC2)c1. The average Bonchev–Trinajstić information content (AvgIpc) is 3.22. The molecule has 2 aromatic carbocycles. The Kier molecular flexibility index (Phi) is 5.16. The second kappa shape index (κ2) is 7.74. The maximum atomic E-state index is 12.8. The van der Waals surface area contributed by atoms with E-state index in [1.54, 1.807) is 0 Å². The number of nitrogens with one attached hydrogen (secondary N) is 1. The lowest BCUT2D eigenvalue weighted by atomic mass is 9.78. The van der Waals surface area contributed by atoms with Crippen LogP contribution in [0.4, 0.5) is 5.69 Å². The van der Waals surface area contributed by atoms with Crippen LogP contribution in [0.25, 0.3) is 0 Å². The Morgan fingerprint density at radius 1 is 1.04 bits per heavy atom. The van der Waals surface area contributed by atoms with Gasteiger partial charge in [0.2, 0.25) is 0 Å². The number of ether oxygens (including phenoxy) is 2. The minimum absolute atomic E-state index is 0.0208. The first kappa shape index (κ1) is 18.7. The number of fused-ring (bicyclic) bond motifs is 1. The number of benzene rings is 2. The van der Waals surface area contributed by atoms with E-state index in [1.165, 1.54) is 18.4 Å². The molecule has 1 saturated carbocycles. The van der Waals surface area contributed by atoms with E-state index in [2.05, 4.69) is 17.4 Å². The summed E-state index contributed by atoms with van der Waals surface area (Å²) in [4.78, 5) is 14.8. The van der Waals surface area contributed by atoms with Crippen LogP contribution in [0.1, 0.15) is 41.6 Å². The minimum Gasteiger partial charge on any atom is -0.486 e. The number of hydrogen-bond donors (Lipinski definition) is 1. The molecule has 1 N–H and O–H groups in total. The van der Waals surface area contributed by atoms with E-state index in [0.29, 0.717) is 25.3 Å². The summed E-state index contributed by atoms with van der Waals surface area (Å²) in [5.74, 6) is 1.61. The fourth-order valence-electron chi connectivity index (χ4n) is 4.27. The Labute approximate surface area is 166 Å². The van der Waals surface area contributed by atoms with Crippen LogP contribution in [0.15, 0.2) is 42.5 Å². The van der Waals surface area contributed by atoms with Gasteiger partial charge in [-0.2, -0.15) is 0 Å². The first-order valence-electron chi connectivity index (χ1n) is 10.0. The van der Waals surface area contributed by atoms with Crippen molar-refractivity contribution in [1.82, 2.24) is 5.32 Å². The molecule has 5 heteroatoms. The highest BCUT2D eigenvalue weighted by molar-refractivity contribution is 5.95. The maximum absolute atomic E-state index is 12.8. The molecule has 0 spiro atoms. The minimum atomic E-state index is -0.0370. The van der Waals surface area contributed by atoms with Gasteiger partial charge in [0.15, 0.2) is 11.5 Å². The van der Waals surface area contributed by atoms with Gasteiger partial charge in [-0.25, -0.2) is 0 Å². The zero-order valence-electron chi connectivity index (χ0n) is 16.7. The zero-order valence-corrected chi connectivity index (χ0v) is 16.7. The molecule has 2 aliphatic rings. The van der Waals surface area contributed by atoms with Gasteiger partial charge in [0.25, 0.3) is 5.91 Å². The first-order chi connectivity index (χ1) is 13.6. The Balaban J connectivity index is 1.52. The molecule has 1 aliphatic heterocycles. The fourth-order valence-corrected chi connectivity index (χ4v) is 4.27. The molecule has 0 atom stereocenters. The van der Waals surface area contributed by atoms with Crippen molar-refractivity contribution in [3.8, 4) is 11.5 Å². The molecule has 4 rings (SSSR count). The van der Waals surface area contributed by atoms with E-state index in [9.17, 15) is 4.79 Å². The highest BCUT2D eigenvalue weighted by Gasteiger charge is 2.37. The lowest BCUT2D eigenvalue weighted by Crippen LogP contribution is -2.39. The molecular weight excluding hydrogens is 352 g/mol. The Morgan fingerprint density at radius 3 is 2.54 bits per heavy atom. The highest BCUT2D eigenvalue weighted by Crippen LogP contribution is 2.43. The van der Waals surface area contributed by atoms with E-state index in [-0.39, 0.29) is 11.3 Å². The highest BCUT2D eigenvalue weighted by atomic mass is 16.6. The molecule has 0 bridgehead atoms. The fraction of sp³-hybridized carbons (Fsp3) is 0.435. The summed E-state index contributed by atoms with van der Waals surface area (Å²) in [7, 11) is 3.96. The second-order valence-corrected chi connectivity index (χ2v) is 7.97. The number of carbonyl (C=O) groups is 1. The van der Waals surface area contributed by atoms with Gasteiger partial charge < -0.3 is 19.7 Å². The largest absolute Gasteiger partial charge is 0.486 e. The van der Waals surface area contributed by atoms with Crippen molar-refractivity contribution in [3.63, 3.8) is 0 Å². The lowest BCUT2D eigenvalue weighted by Gasteiger charge is -2.31. The van der Waals surface area contributed by atoms with Crippen LogP contribution in [0, 0.1) is 0 Å². The van der Waals surface area contributed by atoms with Crippen molar-refractivity contribution in [1.29, 1.82) is 0 Å². The van der Waals surface area contributed by atoms with Crippen LogP contribution in [0.5, 0.6) is 11.5 Å². The predicted octanol–water partition coefficient (Wildman–Crippen LogP) is 3.77. The van der Waals surface area contributed by atoms with E-state index in [1.807, 2.05) is 49.3 Å². The average molecular weight is 380 g/mol. The monoisotopic (exact) mass is 380 g/mol. The van der Waals surface area contributed by atoms with Gasteiger partial charge in [-0.1, -0.05) is 25.0 Å². The molecule has 0 radical (unpaired) electrons. The Bertz CT molecular complexity index is 857. The number of anilines is 1. The molecule has 2 aromatic rings. The van der Waals surface area contributed by atoms with E-state index in [4.69, 9.17) is 9.47 Å². The smallest absolute Gasteiger partial charge is 0.251 e. The van der Waals surface area contributed by atoms with Crippen molar-refractivity contribution in [2.24, 2.45) is 0 Å². The molecule has 1 fully saturated rings. The summed E-state index contributed by atoms with van der Waals surface area (Å²) < 4.78 is 11.4. The van der Waals surface area contributed by atoms with Gasteiger partial charge >= 0.3 is 0 Å². The summed E-state index contributed by atoms with van der Waals surface area (Å²) in [6, 6.07) is 14.0. The summed E-state index contributed by atoms with van der Waals surface area (Å²) >= 11 is 0. The van der Waals surface area contributed by atoms with E-state index < -0.39 is 0 Å². The molecular formula is C23H28N2O3. The van der Waals surface area contributed by atoms with Crippen LogP contribution in [0.3, 0.4) is 0 Å². The third-order valence-corrected chi connectivity index (χ3v) is 5.93. The molecule has 28 heavy (non-hydrogen) atoms. The van der Waals surface area contributed by atoms with Crippen molar-refractivity contribution in [2.75, 3.05) is 38.8 Å². The summed E-state index contributed by atoms with van der Waals surface area (Å²) in [6.07, 6.45) is 4.51. The molecule has 1 heterocycles. The van der Waals surface area contributed by atoms with E-state index in [0.717, 1.165) is 30.0 Å². The molecule has 0 saturated heterocycles. The molecule has 0 unspecified atom stereocenters. The van der Waals surface area contributed by atoms with Crippen molar-refractivity contribution in [2.45, 2.75) is 31.1 Å². The van der Waals surface area contributed by atoms with Crippen LogP contribution in [-0.4, -0.2) is 39.8 Å². The first-order valence-corrected chi connectivity index (χ1v) is 10.0. The number of carbonyl (C=O) groups excluding carboxylic acids is 1. The number of nitrogens with zero attached hydrogens (tertiary/aromatic N) is 1. The van der Waals surface area contributed by atoms with Crippen molar-refractivity contribution >= 4 is 11.6 Å². The van der Waals surface area contributed by atoms with Crippen molar-refractivity contribution < 1.29 is 14.3 Å². The molecule has 148 valence electrons. The van der Waals surface area contributed by atoms with Gasteiger partial charge in [0.1, 0.15) is 13.2 Å². The molecule has 0 aromatic heterocycles. The number of hydrogen-bond acceptors (Lipinski definition) is 4. The zero-order chi connectivity index (χ0) is 19.6. The lowest BCUT2D eigenvalue weighted by molar-refractivity contribution is 0.0943. The molecule has 1 amide bonds. The third kappa shape index (κ3) is 3.66. The van der Waals surface area contributed by atoms with Crippen LogP contribution in [-0.2, 0) is 5.41 Å². The van der Waals surface area contributed by atoms with Gasteiger partial charge in [0.05, 0.1) is 0 Å². The van der Waals surface area contributed by atoms with Gasteiger partial charge in [0, 0.05) is 37.3 Å². The van der Waals surface area contributed by atoms with Crippen LogP contribution < -0.4 is 19.7 Å². The summed E-state index contributed by atoms with van der Waals surface area (Å²) in [5.41, 5.74) is 2.91. The quantitative estimate of drug-likeness (QED) is 0.858. The molecule has 1 aliphatic carbocycles.